The van der Waals surface area contributed by atoms with Gasteiger partial charge in [-0.15, -0.1) is 0 Å². The lowest BCUT2D eigenvalue weighted by atomic mass is 10.1. The Kier molecular flexibility index (Phi) is 5.06. The zero-order valence-corrected chi connectivity index (χ0v) is 15.8. The number of pyridine rings is 1. The van der Waals surface area contributed by atoms with Crippen molar-refractivity contribution in [3.05, 3.63) is 23.0 Å². The van der Waals surface area contributed by atoms with E-state index in [1.807, 2.05) is 27.0 Å². The topological polar surface area (TPSA) is 66.3 Å². The molecular weight excluding hydrogens is 316 g/mol. The minimum atomic E-state index is -0.0485. The van der Waals surface area contributed by atoms with E-state index in [0.717, 1.165) is 48.6 Å². The average Bonchev–Trinajstić information content (AvgIpc) is 2.86. The molecule has 3 rings (SSSR count). The maximum Gasteiger partial charge on any atom is 0.252 e. The molecule has 0 spiro atoms. The number of hydrogen-bond donors (Lipinski definition) is 1. The molecule has 1 fully saturated rings. The Bertz CT molecular complexity index is 775. The summed E-state index contributed by atoms with van der Waals surface area (Å²) in [5, 5.41) is 8.36. The third-order valence-electron chi connectivity index (χ3n) is 5.06. The molecule has 2 aromatic rings. The molecular formula is C18H28N6O. The number of rotatable bonds is 4. The fraction of sp³-hybridized carbons (Fsp3) is 0.611. The standard InChI is InChI=1S/C18H28N6O/c1-12-10-15(16-14(3)21-23(5)17(16)20-12)18(25)19-11-13(2)24-8-6-22(4)7-9-24/h10,13H,6-9,11H2,1-5H3,(H,19,25)/t13-/m1/s1. The molecule has 0 radical (unpaired) electrons. The number of likely N-dealkylation sites (N-methyl/N-ethyl adjacent to an activating group) is 1. The summed E-state index contributed by atoms with van der Waals surface area (Å²) in [4.78, 5) is 22.1. The second-order valence-corrected chi connectivity index (χ2v) is 7.12. The van der Waals surface area contributed by atoms with Crippen molar-refractivity contribution in [1.82, 2.24) is 29.9 Å². The predicted molar refractivity (Wildman–Crippen MR) is 98.8 cm³/mol. The van der Waals surface area contributed by atoms with Gasteiger partial charge in [-0.1, -0.05) is 0 Å². The van der Waals surface area contributed by atoms with E-state index < -0.39 is 0 Å². The Morgan fingerprint density at radius 2 is 1.92 bits per heavy atom. The first-order chi connectivity index (χ1) is 11.9. The average molecular weight is 344 g/mol. The molecule has 136 valence electrons. The fourth-order valence-corrected chi connectivity index (χ4v) is 3.48. The Morgan fingerprint density at radius 3 is 2.60 bits per heavy atom. The summed E-state index contributed by atoms with van der Waals surface area (Å²) in [6.45, 7) is 10.9. The lowest BCUT2D eigenvalue weighted by Crippen LogP contribution is -2.51. The first kappa shape index (κ1) is 17.8. The van der Waals surface area contributed by atoms with Gasteiger partial charge < -0.3 is 10.2 Å². The van der Waals surface area contributed by atoms with Crippen molar-refractivity contribution in [1.29, 1.82) is 0 Å². The Labute approximate surface area is 149 Å². The first-order valence-electron chi connectivity index (χ1n) is 8.88. The van der Waals surface area contributed by atoms with Gasteiger partial charge in [-0.2, -0.15) is 5.10 Å². The first-order valence-corrected chi connectivity index (χ1v) is 8.88. The van der Waals surface area contributed by atoms with Gasteiger partial charge in [0.05, 0.1) is 16.6 Å². The molecule has 0 aliphatic carbocycles. The summed E-state index contributed by atoms with van der Waals surface area (Å²) in [5.74, 6) is -0.0485. The highest BCUT2D eigenvalue weighted by atomic mass is 16.1. The minimum Gasteiger partial charge on any atom is -0.350 e. The number of hydrogen-bond acceptors (Lipinski definition) is 5. The maximum atomic E-state index is 12.8. The number of amides is 1. The molecule has 1 atom stereocenters. The summed E-state index contributed by atoms with van der Waals surface area (Å²) >= 11 is 0. The van der Waals surface area contributed by atoms with Crippen molar-refractivity contribution < 1.29 is 4.79 Å². The van der Waals surface area contributed by atoms with Crippen LogP contribution in [-0.4, -0.2) is 76.3 Å². The van der Waals surface area contributed by atoms with Crippen LogP contribution in [0.15, 0.2) is 6.07 Å². The monoisotopic (exact) mass is 344 g/mol. The smallest absolute Gasteiger partial charge is 0.252 e. The molecule has 1 amide bonds. The van der Waals surface area contributed by atoms with Gasteiger partial charge in [0, 0.05) is 51.5 Å². The van der Waals surface area contributed by atoms with E-state index in [-0.39, 0.29) is 5.91 Å². The molecule has 7 heteroatoms. The molecule has 1 aliphatic rings. The van der Waals surface area contributed by atoms with Crippen molar-refractivity contribution in [2.24, 2.45) is 7.05 Å². The van der Waals surface area contributed by atoms with Crippen molar-refractivity contribution >= 4 is 16.9 Å². The highest BCUT2D eigenvalue weighted by molar-refractivity contribution is 6.06. The molecule has 1 saturated heterocycles. The second kappa shape index (κ2) is 7.09. The molecule has 7 nitrogen and oxygen atoms in total. The maximum absolute atomic E-state index is 12.8. The van der Waals surface area contributed by atoms with Crippen LogP contribution in [0.5, 0.6) is 0 Å². The Morgan fingerprint density at radius 1 is 1.24 bits per heavy atom. The van der Waals surface area contributed by atoms with Crippen LogP contribution in [0.1, 0.15) is 28.7 Å². The molecule has 0 aromatic carbocycles. The predicted octanol–water partition coefficient (Wildman–Crippen LogP) is 0.951. The van der Waals surface area contributed by atoms with Crippen LogP contribution in [0, 0.1) is 13.8 Å². The van der Waals surface area contributed by atoms with Gasteiger partial charge in [0.15, 0.2) is 5.65 Å². The van der Waals surface area contributed by atoms with E-state index in [4.69, 9.17) is 0 Å². The number of fused-ring (bicyclic) bond motifs is 1. The quantitative estimate of drug-likeness (QED) is 0.895. The van der Waals surface area contributed by atoms with E-state index >= 15 is 0 Å². The van der Waals surface area contributed by atoms with Gasteiger partial charge in [0.2, 0.25) is 0 Å². The number of nitrogens with zero attached hydrogens (tertiary/aromatic N) is 5. The molecule has 0 saturated carbocycles. The lowest BCUT2D eigenvalue weighted by molar-refractivity contribution is 0.0905. The minimum absolute atomic E-state index is 0.0485. The molecule has 1 N–H and O–H groups in total. The molecule has 2 aromatic heterocycles. The van der Waals surface area contributed by atoms with Gasteiger partial charge in [0.25, 0.3) is 5.91 Å². The van der Waals surface area contributed by atoms with Crippen LogP contribution in [0.2, 0.25) is 0 Å². The highest BCUT2D eigenvalue weighted by Crippen LogP contribution is 2.21. The van der Waals surface area contributed by atoms with E-state index in [9.17, 15) is 4.79 Å². The zero-order valence-electron chi connectivity index (χ0n) is 15.8. The number of carbonyl (C=O) groups excluding carboxylic acids is 1. The van der Waals surface area contributed by atoms with Crippen LogP contribution in [0.3, 0.4) is 0 Å². The van der Waals surface area contributed by atoms with Crippen molar-refractivity contribution in [2.45, 2.75) is 26.8 Å². The van der Waals surface area contributed by atoms with Gasteiger partial charge in [-0.25, -0.2) is 4.98 Å². The Hall–Kier alpha value is -1.99. The second-order valence-electron chi connectivity index (χ2n) is 7.12. The van der Waals surface area contributed by atoms with Crippen LogP contribution in [0.25, 0.3) is 11.0 Å². The lowest BCUT2D eigenvalue weighted by Gasteiger charge is -2.36. The summed E-state index contributed by atoms with van der Waals surface area (Å²) in [6.07, 6.45) is 0. The summed E-state index contributed by atoms with van der Waals surface area (Å²) in [5.41, 5.74) is 3.09. The van der Waals surface area contributed by atoms with E-state index in [1.54, 1.807) is 4.68 Å². The zero-order chi connectivity index (χ0) is 18.1. The highest BCUT2D eigenvalue weighted by Gasteiger charge is 2.21. The van der Waals surface area contributed by atoms with E-state index in [2.05, 4.69) is 39.2 Å². The van der Waals surface area contributed by atoms with Crippen molar-refractivity contribution in [3.8, 4) is 0 Å². The third kappa shape index (κ3) is 3.67. The van der Waals surface area contributed by atoms with Crippen LogP contribution in [-0.2, 0) is 7.05 Å². The molecule has 3 heterocycles. The largest absolute Gasteiger partial charge is 0.350 e. The van der Waals surface area contributed by atoms with Crippen LogP contribution >= 0.6 is 0 Å². The molecule has 0 bridgehead atoms. The van der Waals surface area contributed by atoms with E-state index in [0.29, 0.717) is 18.2 Å². The van der Waals surface area contributed by atoms with Gasteiger partial charge in [0.1, 0.15) is 0 Å². The number of aryl methyl sites for hydroxylation is 3. The number of aromatic nitrogens is 3. The van der Waals surface area contributed by atoms with Gasteiger partial charge in [-0.3, -0.25) is 14.4 Å². The normalized spacial score (nSPS) is 17.8. The van der Waals surface area contributed by atoms with E-state index in [1.165, 1.54) is 0 Å². The number of carbonyl (C=O) groups is 1. The summed E-state index contributed by atoms with van der Waals surface area (Å²) in [7, 11) is 4.01. The van der Waals surface area contributed by atoms with Crippen molar-refractivity contribution in [3.63, 3.8) is 0 Å². The number of nitrogens with one attached hydrogen (secondary N) is 1. The number of piperazine rings is 1. The molecule has 1 aliphatic heterocycles. The van der Waals surface area contributed by atoms with Crippen LogP contribution < -0.4 is 5.32 Å². The third-order valence-corrected chi connectivity index (χ3v) is 5.06. The van der Waals surface area contributed by atoms with Crippen LogP contribution in [0.4, 0.5) is 0 Å². The summed E-state index contributed by atoms with van der Waals surface area (Å²) in [6, 6.07) is 2.18. The Balaban J connectivity index is 1.72. The van der Waals surface area contributed by atoms with Gasteiger partial charge >= 0.3 is 0 Å². The van der Waals surface area contributed by atoms with Crippen molar-refractivity contribution in [2.75, 3.05) is 39.8 Å². The molecule has 25 heavy (non-hydrogen) atoms. The fourth-order valence-electron chi connectivity index (χ4n) is 3.48. The molecule has 0 unspecified atom stereocenters. The van der Waals surface area contributed by atoms with Gasteiger partial charge in [-0.05, 0) is 33.9 Å². The SMILES string of the molecule is Cc1cc(C(=O)NC[C@@H](C)N2CCN(C)CC2)c2c(C)nn(C)c2n1. The summed E-state index contributed by atoms with van der Waals surface area (Å²) < 4.78 is 1.74.